The van der Waals surface area contributed by atoms with Gasteiger partial charge in [0, 0.05) is 16.9 Å². The minimum atomic E-state index is -0.178. The van der Waals surface area contributed by atoms with Crippen LogP contribution in [0.15, 0.2) is 91.5 Å². The van der Waals surface area contributed by atoms with E-state index < -0.39 is 0 Å². The van der Waals surface area contributed by atoms with Gasteiger partial charge < -0.3 is 20.7 Å². The van der Waals surface area contributed by atoms with Crippen molar-refractivity contribution in [1.29, 1.82) is 0 Å². The van der Waals surface area contributed by atoms with Crippen LogP contribution >= 0.6 is 0 Å². The lowest BCUT2D eigenvalue weighted by molar-refractivity contribution is -0.114. The van der Waals surface area contributed by atoms with Crippen LogP contribution in [0.4, 0.5) is 11.4 Å². The first-order valence-corrected chi connectivity index (χ1v) is 10.4. The zero-order valence-corrected chi connectivity index (χ0v) is 18.0. The molecule has 1 unspecified atom stereocenters. The average Bonchev–Trinajstić information content (AvgIpc) is 2.83. The number of carbonyl (C=O) groups excluding carboxylic acids is 2. The van der Waals surface area contributed by atoms with Gasteiger partial charge in [-0.3, -0.25) is 9.59 Å². The highest BCUT2D eigenvalue weighted by Gasteiger charge is 2.11. The maximum atomic E-state index is 12.5. The third-order valence-electron chi connectivity index (χ3n) is 4.75. The van der Waals surface area contributed by atoms with E-state index in [1.165, 1.54) is 0 Å². The number of hydrogen-bond acceptors (Lipinski definition) is 4. The Morgan fingerprint density at radius 3 is 2.25 bits per heavy atom. The Labute approximate surface area is 188 Å². The van der Waals surface area contributed by atoms with Gasteiger partial charge in [-0.05, 0) is 61.0 Å². The van der Waals surface area contributed by atoms with Crippen LogP contribution in [0.5, 0.6) is 5.75 Å². The van der Waals surface area contributed by atoms with E-state index in [-0.39, 0.29) is 24.4 Å². The summed E-state index contributed by atoms with van der Waals surface area (Å²) in [5.74, 6) is 0.387. The summed E-state index contributed by atoms with van der Waals surface area (Å²) in [5.41, 5.74) is 3.04. The van der Waals surface area contributed by atoms with Crippen LogP contribution < -0.4 is 20.7 Å². The molecule has 0 heterocycles. The molecular weight excluding hydrogens is 402 g/mol. The molecule has 3 rings (SSSR count). The maximum Gasteiger partial charge on any atom is 0.251 e. The number of rotatable bonds is 10. The van der Waals surface area contributed by atoms with Gasteiger partial charge in [0.2, 0.25) is 5.91 Å². The molecule has 0 aliphatic heterocycles. The lowest BCUT2D eigenvalue weighted by Crippen LogP contribution is -2.26. The highest BCUT2D eigenvalue weighted by Crippen LogP contribution is 2.16. The molecule has 0 bridgehead atoms. The van der Waals surface area contributed by atoms with Crippen LogP contribution in [-0.4, -0.2) is 25.0 Å². The Morgan fingerprint density at radius 2 is 1.59 bits per heavy atom. The first kappa shape index (κ1) is 22.6. The van der Waals surface area contributed by atoms with Gasteiger partial charge in [0.1, 0.15) is 12.4 Å². The Balaban J connectivity index is 1.46. The molecule has 0 aliphatic carbocycles. The molecule has 3 N–H and O–H groups in total. The van der Waals surface area contributed by atoms with Crippen molar-refractivity contribution in [3.63, 3.8) is 0 Å². The number of carbonyl (C=O) groups is 2. The standard InChI is InChI=1S/C26H27N3O3/c1-3-17-32-24-15-13-23(14-16-24)29-25(30)18-27-22-11-9-21(10-12-22)26(31)28-19(2)20-7-5-4-6-8-20/h3-16,19,27H,1,17-18H2,2H3,(H,28,31)(H,29,30). The van der Waals surface area contributed by atoms with Gasteiger partial charge in [-0.2, -0.15) is 0 Å². The van der Waals surface area contributed by atoms with E-state index in [9.17, 15) is 9.59 Å². The van der Waals surface area contributed by atoms with Gasteiger partial charge in [-0.25, -0.2) is 0 Å². The molecule has 6 nitrogen and oxygen atoms in total. The van der Waals surface area contributed by atoms with Gasteiger partial charge in [0.25, 0.3) is 5.91 Å². The third kappa shape index (κ3) is 6.74. The minimum absolute atomic E-state index is 0.0900. The Bertz CT molecular complexity index is 1030. The third-order valence-corrected chi connectivity index (χ3v) is 4.75. The second kappa shape index (κ2) is 11.4. The molecular formula is C26H27N3O3. The summed E-state index contributed by atoms with van der Waals surface area (Å²) in [6.07, 6.45) is 1.67. The molecule has 6 heteroatoms. The molecule has 0 aromatic heterocycles. The summed E-state index contributed by atoms with van der Waals surface area (Å²) < 4.78 is 5.42. The molecule has 3 aromatic carbocycles. The summed E-state index contributed by atoms with van der Waals surface area (Å²) in [4.78, 5) is 24.7. The largest absolute Gasteiger partial charge is 0.490 e. The van der Waals surface area contributed by atoms with E-state index in [0.717, 1.165) is 11.3 Å². The summed E-state index contributed by atoms with van der Waals surface area (Å²) in [5, 5.41) is 8.87. The summed E-state index contributed by atoms with van der Waals surface area (Å²) in [6.45, 7) is 6.09. The van der Waals surface area contributed by atoms with Crippen molar-refractivity contribution in [2.24, 2.45) is 0 Å². The molecule has 2 amide bonds. The Hall–Kier alpha value is -4.06. The maximum absolute atomic E-state index is 12.5. The zero-order chi connectivity index (χ0) is 22.8. The first-order chi connectivity index (χ1) is 15.5. The molecule has 0 radical (unpaired) electrons. The van der Waals surface area contributed by atoms with Crippen molar-refractivity contribution >= 4 is 23.2 Å². The molecule has 1 atom stereocenters. The highest BCUT2D eigenvalue weighted by atomic mass is 16.5. The molecule has 0 fully saturated rings. The smallest absolute Gasteiger partial charge is 0.251 e. The average molecular weight is 430 g/mol. The van der Waals surface area contributed by atoms with Crippen molar-refractivity contribution < 1.29 is 14.3 Å². The molecule has 0 saturated carbocycles. The van der Waals surface area contributed by atoms with Crippen molar-refractivity contribution in [3.8, 4) is 5.75 Å². The van der Waals surface area contributed by atoms with Crippen molar-refractivity contribution in [3.05, 3.63) is 103 Å². The number of ether oxygens (including phenoxy) is 1. The van der Waals surface area contributed by atoms with E-state index in [1.807, 2.05) is 37.3 Å². The second-order valence-corrected chi connectivity index (χ2v) is 7.21. The quantitative estimate of drug-likeness (QED) is 0.405. The lowest BCUT2D eigenvalue weighted by atomic mass is 10.1. The molecule has 0 aliphatic rings. The number of hydrogen-bond donors (Lipinski definition) is 3. The van der Waals surface area contributed by atoms with Crippen molar-refractivity contribution in [1.82, 2.24) is 5.32 Å². The van der Waals surface area contributed by atoms with Crippen LogP contribution in [0.3, 0.4) is 0 Å². The Morgan fingerprint density at radius 1 is 0.938 bits per heavy atom. The fourth-order valence-electron chi connectivity index (χ4n) is 3.02. The lowest BCUT2D eigenvalue weighted by Gasteiger charge is -2.14. The van der Waals surface area contributed by atoms with Crippen LogP contribution in [0, 0.1) is 0 Å². The molecule has 164 valence electrons. The van der Waals surface area contributed by atoms with E-state index in [2.05, 4.69) is 22.5 Å². The molecule has 3 aromatic rings. The van der Waals surface area contributed by atoms with Gasteiger partial charge in [0.15, 0.2) is 0 Å². The fourth-order valence-corrected chi connectivity index (χ4v) is 3.02. The van der Waals surface area contributed by atoms with Gasteiger partial charge in [0.05, 0.1) is 12.6 Å². The van der Waals surface area contributed by atoms with E-state index in [1.54, 1.807) is 54.6 Å². The van der Waals surface area contributed by atoms with Crippen LogP contribution in [0.2, 0.25) is 0 Å². The first-order valence-electron chi connectivity index (χ1n) is 10.4. The number of benzene rings is 3. The SMILES string of the molecule is C=CCOc1ccc(NC(=O)CNc2ccc(C(=O)NC(C)c3ccccc3)cc2)cc1. The zero-order valence-electron chi connectivity index (χ0n) is 18.0. The minimum Gasteiger partial charge on any atom is -0.490 e. The van der Waals surface area contributed by atoms with E-state index in [0.29, 0.717) is 23.6 Å². The Kier molecular flexibility index (Phi) is 8.03. The van der Waals surface area contributed by atoms with Crippen LogP contribution in [0.1, 0.15) is 28.9 Å². The van der Waals surface area contributed by atoms with E-state index in [4.69, 9.17) is 4.74 Å². The molecule has 32 heavy (non-hydrogen) atoms. The topological polar surface area (TPSA) is 79.5 Å². The van der Waals surface area contributed by atoms with Crippen molar-refractivity contribution in [2.75, 3.05) is 23.8 Å². The highest BCUT2D eigenvalue weighted by molar-refractivity contribution is 5.95. The summed E-state index contributed by atoms with van der Waals surface area (Å²) >= 11 is 0. The van der Waals surface area contributed by atoms with Gasteiger partial charge in [-0.15, -0.1) is 0 Å². The fraction of sp³-hybridized carbons (Fsp3) is 0.154. The van der Waals surface area contributed by atoms with Gasteiger partial charge in [-0.1, -0.05) is 43.0 Å². The molecule has 0 saturated heterocycles. The predicted molar refractivity (Wildman–Crippen MR) is 128 cm³/mol. The monoisotopic (exact) mass is 429 g/mol. The normalized spacial score (nSPS) is 11.2. The summed E-state index contributed by atoms with van der Waals surface area (Å²) in [7, 11) is 0. The van der Waals surface area contributed by atoms with Crippen LogP contribution in [-0.2, 0) is 4.79 Å². The van der Waals surface area contributed by atoms with Crippen molar-refractivity contribution in [2.45, 2.75) is 13.0 Å². The number of anilines is 2. The van der Waals surface area contributed by atoms with Crippen LogP contribution in [0.25, 0.3) is 0 Å². The second-order valence-electron chi connectivity index (χ2n) is 7.21. The molecule has 0 spiro atoms. The predicted octanol–water partition coefficient (Wildman–Crippen LogP) is 4.79. The number of amides is 2. The van der Waals surface area contributed by atoms with E-state index >= 15 is 0 Å². The number of nitrogens with one attached hydrogen (secondary N) is 3. The summed E-state index contributed by atoms with van der Waals surface area (Å²) in [6, 6.07) is 23.9. The van der Waals surface area contributed by atoms with Gasteiger partial charge >= 0.3 is 0 Å².